The van der Waals surface area contributed by atoms with Crippen LogP contribution in [0.5, 0.6) is 0 Å². The Morgan fingerprint density at radius 3 is 0.487 bits per heavy atom. The van der Waals surface area contributed by atoms with Crippen molar-refractivity contribution in [3.8, 4) is 0 Å². The summed E-state index contributed by atoms with van der Waals surface area (Å²) in [6, 6.07) is 0. The summed E-state index contributed by atoms with van der Waals surface area (Å²) in [7, 11) is 3.05. The molecular formula is C13H10F22O3Si. The fraction of sp³-hybridized carbons (Fsp3) is 1.00. The molecule has 0 fully saturated rings. The Labute approximate surface area is 201 Å². The van der Waals surface area contributed by atoms with Gasteiger partial charge in [-0.15, -0.1) is 0 Å². The molecule has 0 rings (SSSR count). The predicted molar refractivity (Wildman–Crippen MR) is 79.9 cm³/mol. The number of alkyl halides is 22. The molecule has 0 N–H and O–H groups in total. The summed E-state index contributed by atoms with van der Waals surface area (Å²) in [5.74, 6) is -71.5. The van der Waals surface area contributed by atoms with Crippen molar-refractivity contribution in [1.29, 1.82) is 0 Å². The highest BCUT2D eigenvalue weighted by atomic mass is 28.3. The van der Waals surface area contributed by atoms with Crippen LogP contribution in [0.2, 0.25) is 0 Å². The second kappa shape index (κ2) is 11.1. The first-order valence-corrected chi connectivity index (χ1v) is 9.75. The minimum atomic E-state index is -9.24. The van der Waals surface area contributed by atoms with Crippen LogP contribution in [0.1, 0.15) is 0 Å². The fourth-order valence-corrected chi connectivity index (χ4v) is 2.41. The van der Waals surface area contributed by atoms with Gasteiger partial charge in [0, 0.05) is 21.3 Å². The lowest BCUT2D eigenvalue weighted by molar-refractivity contribution is -0.478. The predicted octanol–water partition coefficient (Wildman–Crippen LogP) is 6.84. The maximum absolute atomic E-state index is 13.1. The van der Waals surface area contributed by atoms with E-state index in [9.17, 15) is 96.6 Å². The van der Waals surface area contributed by atoms with E-state index in [0.29, 0.717) is 0 Å². The van der Waals surface area contributed by atoms with Gasteiger partial charge in [0.25, 0.3) is 0 Å². The zero-order valence-electron chi connectivity index (χ0n) is 18.1. The van der Waals surface area contributed by atoms with Crippen LogP contribution in [-0.4, -0.2) is 90.6 Å². The monoisotopic (exact) mass is 660 g/mol. The van der Waals surface area contributed by atoms with Gasteiger partial charge in [-0.25, -0.2) is 0 Å². The lowest BCUT2D eigenvalue weighted by Gasteiger charge is -2.43. The Kier molecular flexibility index (Phi) is 11.3. The summed E-state index contributed by atoms with van der Waals surface area (Å²) in [6.07, 6.45) is -16.1. The zero-order valence-corrected chi connectivity index (χ0v) is 19.3. The van der Waals surface area contributed by atoms with Gasteiger partial charge in [0.05, 0.1) is 0 Å². The molecule has 0 radical (unpaired) electrons. The number of hydrogen-bond donors (Lipinski definition) is 0. The molecule has 0 spiro atoms. The molecule has 39 heavy (non-hydrogen) atoms. The van der Waals surface area contributed by atoms with Crippen LogP contribution < -0.4 is 0 Å². The topological polar surface area (TPSA) is 27.7 Å². The van der Waals surface area contributed by atoms with E-state index in [0.717, 1.165) is 0 Å². The van der Waals surface area contributed by atoms with E-state index < -0.39 is 69.3 Å². The second-order valence-corrected chi connectivity index (χ2v) is 8.58. The molecule has 0 aliphatic rings. The van der Waals surface area contributed by atoms with E-state index in [1.807, 2.05) is 0 Å². The molecule has 0 heterocycles. The minimum absolute atomic E-state index is 1.57. The molecular weight excluding hydrogens is 650 g/mol. The third kappa shape index (κ3) is 5.96. The van der Waals surface area contributed by atoms with E-state index in [2.05, 4.69) is 0 Å². The highest BCUT2D eigenvalue weighted by molar-refractivity contribution is 6.36. The van der Waals surface area contributed by atoms with E-state index in [1.54, 1.807) is 21.3 Å². The van der Waals surface area contributed by atoms with Crippen molar-refractivity contribution in [2.75, 3.05) is 21.3 Å². The summed E-state index contributed by atoms with van der Waals surface area (Å²) in [6.45, 7) is 0. The Morgan fingerprint density at radius 1 is 0.282 bits per heavy atom. The average molecular weight is 660 g/mol. The van der Waals surface area contributed by atoms with E-state index in [4.69, 9.17) is 13.3 Å². The molecule has 0 atom stereocenters. The van der Waals surface area contributed by atoms with Gasteiger partial charge >= 0.3 is 69.3 Å². The molecule has 0 bridgehead atoms. The van der Waals surface area contributed by atoms with Gasteiger partial charge in [-0.05, 0) is 0 Å². The second-order valence-electron chi connectivity index (χ2n) is 6.59. The average Bonchev–Trinajstić information content (AvgIpc) is 2.72. The summed E-state index contributed by atoms with van der Waals surface area (Å²) in [4.78, 5) is 0. The van der Waals surface area contributed by atoms with Crippen molar-refractivity contribution in [2.45, 2.75) is 59.7 Å². The van der Waals surface area contributed by atoms with Crippen molar-refractivity contribution >= 4 is 9.53 Å². The van der Waals surface area contributed by atoms with Gasteiger partial charge in [0.2, 0.25) is 0 Å². The Hall–Kier alpha value is -1.44. The molecule has 0 unspecified atom stereocenters. The Balaban J connectivity index is 0. The molecule has 0 amide bonds. The van der Waals surface area contributed by atoms with Crippen LogP contribution in [0, 0.1) is 0 Å². The van der Waals surface area contributed by atoms with Crippen molar-refractivity contribution in [3.63, 3.8) is 0 Å². The first kappa shape index (κ1) is 39.7. The summed E-state index contributed by atoms with van der Waals surface area (Å²) in [5, 5.41) is 0. The summed E-state index contributed by atoms with van der Waals surface area (Å²) in [5.41, 5.74) is 0. The van der Waals surface area contributed by atoms with Crippen molar-refractivity contribution in [3.05, 3.63) is 0 Å². The molecule has 3 nitrogen and oxygen atoms in total. The zero-order chi connectivity index (χ0) is 32.7. The lowest BCUT2D eigenvalue weighted by Crippen LogP contribution is -2.76. The number of rotatable bonds is 10. The standard InChI is InChI=1S/C10F22.C3H10O3Si/c11-1(12,3(15,16)5(19,20)7(23,24)9(27,28)29)2(13,14)4(17,18)6(21,22)8(25,26)10(30,31)32;1-4-7(5-2)6-3/h;7H,1-3H3. The van der Waals surface area contributed by atoms with Gasteiger partial charge in [-0.1, -0.05) is 0 Å². The Morgan fingerprint density at radius 2 is 0.410 bits per heavy atom. The quantitative estimate of drug-likeness (QED) is 0.190. The first-order chi connectivity index (χ1) is 16.6. The van der Waals surface area contributed by atoms with Crippen molar-refractivity contribution < 1.29 is 110 Å². The van der Waals surface area contributed by atoms with Crippen molar-refractivity contribution in [2.24, 2.45) is 0 Å². The third-order valence-corrected chi connectivity index (χ3v) is 5.20. The van der Waals surface area contributed by atoms with Crippen LogP contribution in [0.4, 0.5) is 96.6 Å². The lowest BCUT2D eigenvalue weighted by atomic mass is 9.87. The molecule has 0 aliphatic heterocycles. The summed E-state index contributed by atoms with van der Waals surface area (Å²) >= 11 is 0. The van der Waals surface area contributed by atoms with Crippen LogP contribution in [0.25, 0.3) is 0 Å². The molecule has 0 saturated carbocycles. The molecule has 238 valence electrons. The SMILES string of the molecule is CO[SiH](OC)OC.FC(F)(F)C(F)(F)C(F)(F)C(F)(F)C(F)(F)C(F)(F)C(F)(F)C(F)(F)C(F)(F)C(F)(F)F. The van der Waals surface area contributed by atoms with E-state index in [1.165, 1.54) is 0 Å². The molecule has 0 aliphatic carbocycles. The first-order valence-electron chi connectivity index (χ1n) is 8.34. The largest absolute Gasteiger partial charge is 0.483 e. The smallest absolute Gasteiger partial charge is 0.379 e. The van der Waals surface area contributed by atoms with Gasteiger partial charge < -0.3 is 13.3 Å². The molecule has 26 heteroatoms. The number of hydrogen-bond acceptors (Lipinski definition) is 3. The van der Waals surface area contributed by atoms with Crippen LogP contribution >= 0.6 is 0 Å². The molecule has 0 aromatic heterocycles. The van der Waals surface area contributed by atoms with Gasteiger partial charge in [0.1, 0.15) is 0 Å². The number of halogens is 22. The summed E-state index contributed by atoms with van der Waals surface area (Å²) < 4.78 is 290. The maximum Gasteiger partial charge on any atom is 0.483 e. The van der Waals surface area contributed by atoms with Crippen molar-refractivity contribution in [1.82, 2.24) is 0 Å². The Bertz CT molecular complexity index is 732. The van der Waals surface area contributed by atoms with Gasteiger partial charge in [0.15, 0.2) is 0 Å². The van der Waals surface area contributed by atoms with Crippen LogP contribution in [0.3, 0.4) is 0 Å². The minimum Gasteiger partial charge on any atom is -0.379 e. The van der Waals surface area contributed by atoms with Gasteiger partial charge in [-0.2, -0.15) is 96.6 Å². The highest BCUT2D eigenvalue weighted by Gasteiger charge is 2.98. The molecule has 0 aromatic carbocycles. The third-order valence-electron chi connectivity index (χ3n) is 4.05. The molecule has 0 aromatic rings. The van der Waals surface area contributed by atoms with Crippen LogP contribution in [0.15, 0.2) is 0 Å². The van der Waals surface area contributed by atoms with Crippen LogP contribution in [-0.2, 0) is 13.3 Å². The fourth-order valence-electron chi connectivity index (χ4n) is 1.83. The van der Waals surface area contributed by atoms with E-state index >= 15 is 0 Å². The molecule has 0 saturated heterocycles. The maximum atomic E-state index is 13.1. The highest BCUT2D eigenvalue weighted by Crippen LogP contribution is 2.66. The van der Waals surface area contributed by atoms with E-state index in [-0.39, 0.29) is 0 Å². The van der Waals surface area contributed by atoms with Gasteiger partial charge in [-0.3, -0.25) is 0 Å². The normalized spacial score (nSPS) is 15.8.